The summed E-state index contributed by atoms with van der Waals surface area (Å²) in [5, 5.41) is 3.97. The molecule has 21 heavy (non-hydrogen) atoms. The third-order valence-electron chi connectivity index (χ3n) is 4.21. The SMILES string of the molecule is CN(Cc1noc(C2CCC2)n1)C(=O)CN1CCOCC1. The normalized spacial score (nSPS) is 20.2. The van der Waals surface area contributed by atoms with Gasteiger partial charge in [-0.2, -0.15) is 4.98 Å². The Morgan fingerprint density at radius 1 is 1.38 bits per heavy atom. The number of hydrogen-bond acceptors (Lipinski definition) is 6. The van der Waals surface area contributed by atoms with E-state index >= 15 is 0 Å². The lowest BCUT2D eigenvalue weighted by atomic mass is 9.85. The summed E-state index contributed by atoms with van der Waals surface area (Å²) in [6.45, 7) is 3.85. The van der Waals surface area contributed by atoms with Crippen LogP contribution in [-0.2, 0) is 16.1 Å². The molecule has 1 amide bonds. The van der Waals surface area contributed by atoms with Gasteiger partial charge in [0.15, 0.2) is 5.82 Å². The lowest BCUT2D eigenvalue weighted by molar-refractivity contribution is -0.132. The largest absolute Gasteiger partial charge is 0.379 e. The smallest absolute Gasteiger partial charge is 0.236 e. The van der Waals surface area contributed by atoms with Gasteiger partial charge in [-0.05, 0) is 12.8 Å². The molecule has 0 N–H and O–H groups in total. The molecule has 0 atom stereocenters. The number of carbonyl (C=O) groups is 1. The lowest BCUT2D eigenvalue weighted by Gasteiger charge is -2.27. The number of morpholine rings is 1. The monoisotopic (exact) mass is 294 g/mol. The van der Waals surface area contributed by atoms with E-state index in [1.807, 2.05) is 0 Å². The molecule has 0 bridgehead atoms. The van der Waals surface area contributed by atoms with Crippen molar-refractivity contribution in [1.82, 2.24) is 19.9 Å². The van der Waals surface area contributed by atoms with Crippen molar-refractivity contribution in [3.63, 3.8) is 0 Å². The van der Waals surface area contributed by atoms with Gasteiger partial charge in [0.1, 0.15) is 0 Å². The highest BCUT2D eigenvalue weighted by molar-refractivity contribution is 5.77. The molecule has 7 heteroatoms. The fourth-order valence-corrected chi connectivity index (χ4v) is 2.52. The Kier molecular flexibility index (Phi) is 4.50. The standard InChI is InChI=1S/C14H22N4O3/c1-17(13(19)10-18-5-7-20-8-6-18)9-12-15-14(21-16-12)11-3-2-4-11/h11H,2-10H2,1H3. The van der Waals surface area contributed by atoms with Gasteiger partial charge >= 0.3 is 0 Å². The van der Waals surface area contributed by atoms with Gasteiger partial charge in [-0.15, -0.1) is 0 Å². The van der Waals surface area contributed by atoms with E-state index in [2.05, 4.69) is 15.0 Å². The van der Waals surface area contributed by atoms with Crippen molar-refractivity contribution >= 4 is 5.91 Å². The van der Waals surface area contributed by atoms with Crippen molar-refractivity contribution in [1.29, 1.82) is 0 Å². The molecule has 3 rings (SSSR count). The summed E-state index contributed by atoms with van der Waals surface area (Å²) in [6, 6.07) is 0. The molecule has 0 spiro atoms. The Labute approximate surface area is 124 Å². The highest BCUT2D eigenvalue weighted by Crippen LogP contribution is 2.35. The van der Waals surface area contributed by atoms with Gasteiger partial charge in [0, 0.05) is 26.1 Å². The fourth-order valence-electron chi connectivity index (χ4n) is 2.52. The number of carbonyl (C=O) groups excluding carboxylic acids is 1. The number of hydrogen-bond donors (Lipinski definition) is 0. The molecule has 2 aliphatic rings. The Hall–Kier alpha value is -1.47. The summed E-state index contributed by atoms with van der Waals surface area (Å²) < 4.78 is 10.6. The second kappa shape index (κ2) is 6.53. The molecule has 0 aromatic carbocycles. The number of rotatable bonds is 5. The molecule has 1 aromatic heterocycles. The lowest BCUT2D eigenvalue weighted by Crippen LogP contribution is -2.43. The van der Waals surface area contributed by atoms with Gasteiger partial charge in [-0.25, -0.2) is 0 Å². The maximum atomic E-state index is 12.2. The number of nitrogens with zero attached hydrogens (tertiary/aromatic N) is 4. The highest BCUT2D eigenvalue weighted by atomic mass is 16.5. The third kappa shape index (κ3) is 3.59. The van der Waals surface area contributed by atoms with Crippen LogP contribution in [-0.4, -0.2) is 65.7 Å². The maximum absolute atomic E-state index is 12.2. The van der Waals surface area contributed by atoms with E-state index in [0.29, 0.717) is 38.0 Å². The number of likely N-dealkylation sites (N-methyl/N-ethyl adjacent to an activating group) is 1. The molecule has 1 aromatic rings. The molecule has 7 nitrogen and oxygen atoms in total. The van der Waals surface area contributed by atoms with Gasteiger partial charge in [0.25, 0.3) is 0 Å². The van der Waals surface area contributed by atoms with E-state index < -0.39 is 0 Å². The predicted octanol–water partition coefficient (Wildman–Crippen LogP) is 0.628. The molecular weight excluding hydrogens is 272 g/mol. The van der Waals surface area contributed by atoms with Gasteiger partial charge in [0.2, 0.25) is 11.8 Å². The van der Waals surface area contributed by atoms with Gasteiger partial charge in [0.05, 0.1) is 26.3 Å². The van der Waals surface area contributed by atoms with Crippen LogP contribution < -0.4 is 0 Å². The molecular formula is C14H22N4O3. The van der Waals surface area contributed by atoms with Crippen molar-refractivity contribution in [3.05, 3.63) is 11.7 Å². The van der Waals surface area contributed by atoms with Crippen molar-refractivity contribution in [2.45, 2.75) is 31.7 Å². The molecule has 116 valence electrons. The quantitative estimate of drug-likeness (QED) is 0.793. The maximum Gasteiger partial charge on any atom is 0.236 e. The van der Waals surface area contributed by atoms with Crippen LogP contribution in [0.15, 0.2) is 4.52 Å². The van der Waals surface area contributed by atoms with E-state index in [4.69, 9.17) is 9.26 Å². The van der Waals surface area contributed by atoms with Crippen LogP contribution in [0.25, 0.3) is 0 Å². The topological polar surface area (TPSA) is 71.7 Å². The second-order valence-corrected chi connectivity index (χ2v) is 5.81. The minimum atomic E-state index is 0.0758. The Morgan fingerprint density at radius 3 is 2.81 bits per heavy atom. The molecule has 1 saturated carbocycles. The first-order valence-corrected chi connectivity index (χ1v) is 7.59. The molecule has 2 heterocycles. The van der Waals surface area contributed by atoms with Gasteiger partial charge in [-0.3, -0.25) is 9.69 Å². The van der Waals surface area contributed by atoms with Gasteiger partial charge < -0.3 is 14.2 Å². The number of aromatic nitrogens is 2. The average Bonchev–Trinajstić information content (AvgIpc) is 2.86. The molecule has 0 unspecified atom stereocenters. The second-order valence-electron chi connectivity index (χ2n) is 5.81. The van der Waals surface area contributed by atoms with Crippen LogP contribution in [0.4, 0.5) is 0 Å². The number of ether oxygens (including phenoxy) is 1. The highest BCUT2D eigenvalue weighted by Gasteiger charge is 2.26. The average molecular weight is 294 g/mol. The minimum Gasteiger partial charge on any atom is -0.379 e. The van der Waals surface area contributed by atoms with E-state index in [0.717, 1.165) is 31.8 Å². The Balaban J connectivity index is 1.48. The zero-order valence-electron chi connectivity index (χ0n) is 12.5. The van der Waals surface area contributed by atoms with E-state index in [1.165, 1.54) is 6.42 Å². The Bertz CT molecular complexity index is 480. The predicted molar refractivity (Wildman–Crippen MR) is 74.6 cm³/mol. The van der Waals surface area contributed by atoms with Crippen molar-refractivity contribution in [2.24, 2.45) is 0 Å². The minimum absolute atomic E-state index is 0.0758. The molecule has 1 aliphatic carbocycles. The zero-order chi connectivity index (χ0) is 14.7. The van der Waals surface area contributed by atoms with Crippen LogP contribution in [0.3, 0.4) is 0 Å². The summed E-state index contributed by atoms with van der Waals surface area (Å²) in [7, 11) is 1.78. The van der Waals surface area contributed by atoms with E-state index in [9.17, 15) is 4.79 Å². The Morgan fingerprint density at radius 2 is 2.14 bits per heavy atom. The first kappa shape index (κ1) is 14.5. The molecule has 1 saturated heterocycles. The summed E-state index contributed by atoms with van der Waals surface area (Å²) in [5.74, 6) is 1.83. The van der Waals surface area contributed by atoms with Crippen LogP contribution in [0.1, 0.15) is 36.9 Å². The van der Waals surface area contributed by atoms with Crippen molar-refractivity contribution in [3.8, 4) is 0 Å². The summed E-state index contributed by atoms with van der Waals surface area (Å²) in [5.41, 5.74) is 0. The van der Waals surface area contributed by atoms with E-state index in [1.54, 1.807) is 11.9 Å². The molecule has 0 radical (unpaired) electrons. The summed E-state index contributed by atoms with van der Waals surface area (Å²) >= 11 is 0. The van der Waals surface area contributed by atoms with E-state index in [-0.39, 0.29) is 5.91 Å². The summed E-state index contributed by atoms with van der Waals surface area (Å²) in [4.78, 5) is 20.3. The van der Waals surface area contributed by atoms with Crippen LogP contribution in [0, 0.1) is 0 Å². The zero-order valence-corrected chi connectivity index (χ0v) is 12.5. The van der Waals surface area contributed by atoms with Crippen molar-refractivity contribution in [2.75, 3.05) is 39.9 Å². The van der Waals surface area contributed by atoms with Crippen molar-refractivity contribution < 1.29 is 14.1 Å². The molecule has 2 fully saturated rings. The first-order valence-electron chi connectivity index (χ1n) is 7.59. The van der Waals surface area contributed by atoms with Crippen LogP contribution in [0.5, 0.6) is 0 Å². The summed E-state index contributed by atoms with van der Waals surface area (Å²) in [6.07, 6.45) is 3.50. The van der Waals surface area contributed by atoms with Gasteiger partial charge in [-0.1, -0.05) is 11.6 Å². The third-order valence-corrected chi connectivity index (χ3v) is 4.21. The first-order chi connectivity index (χ1) is 10.2. The number of amides is 1. The van der Waals surface area contributed by atoms with Crippen LogP contribution >= 0.6 is 0 Å². The van der Waals surface area contributed by atoms with Crippen LogP contribution in [0.2, 0.25) is 0 Å². The fraction of sp³-hybridized carbons (Fsp3) is 0.786. The molecule has 1 aliphatic heterocycles.